The van der Waals surface area contributed by atoms with Gasteiger partial charge in [-0.05, 0) is 86.8 Å². The molecule has 0 saturated carbocycles. The highest BCUT2D eigenvalue weighted by molar-refractivity contribution is 7.92. The molecule has 0 saturated heterocycles. The highest BCUT2D eigenvalue weighted by Gasteiger charge is 2.31. The average molecular weight is 443 g/mol. The summed E-state index contributed by atoms with van der Waals surface area (Å²) >= 11 is 0. The number of carbonyl (C=O) groups is 1. The first kappa shape index (κ1) is 23.3. The van der Waals surface area contributed by atoms with Crippen LogP contribution in [0.15, 0.2) is 36.4 Å². The van der Waals surface area contributed by atoms with E-state index in [1.807, 2.05) is 39.0 Å². The number of benzene rings is 2. The minimum atomic E-state index is -3.65. The van der Waals surface area contributed by atoms with Crippen molar-refractivity contribution in [3.8, 4) is 0 Å². The van der Waals surface area contributed by atoms with Crippen molar-refractivity contribution >= 4 is 21.6 Å². The first-order chi connectivity index (χ1) is 14.6. The smallest absolute Gasteiger partial charge is 0.244 e. The van der Waals surface area contributed by atoms with Crippen LogP contribution >= 0.6 is 0 Å². The molecule has 1 aliphatic carbocycles. The van der Waals surface area contributed by atoms with Crippen molar-refractivity contribution in [2.24, 2.45) is 0 Å². The lowest BCUT2D eigenvalue weighted by atomic mass is 9.88. The van der Waals surface area contributed by atoms with Gasteiger partial charge in [0, 0.05) is 0 Å². The second-order valence-corrected chi connectivity index (χ2v) is 10.6. The van der Waals surface area contributed by atoms with Gasteiger partial charge in [-0.25, -0.2) is 8.42 Å². The Balaban J connectivity index is 1.86. The number of amides is 1. The number of rotatable bonds is 7. The Morgan fingerprint density at radius 3 is 2.39 bits per heavy atom. The fourth-order valence-corrected chi connectivity index (χ4v) is 5.65. The molecule has 3 rings (SSSR count). The Hall–Kier alpha value is -2.34. The maximum atomic E-state index is 13.2. The molecule has 1 N–H and O–H groups in total. The lowest BCUT2D eigenvalue weighted by molar-refractivity contribution is -0.122. The molecule has 1 aliphatic rings. The van der Waals surface area contributed by atoms with Crippen molar-refractivity contribution in [1.29, 1.82) is 0 Å². The van der Waals surface area contributed by atoms with Gasteiger partial charge in [0.2, 0.25) is 15.9 Å². The number of nitrogens with zero attached hydrogens (tertiary/aromatic N) is 1. The Labute approximate surface area is 186 Å². The van der Waals surface area contributed by atoms with E-state index in [1.54, 1.807) is 6.92 Å². The van der Waals surface area contributed by atoms with Crippen molar-refractivity contribution in [3.05, 3.63) is 64.2 Å². The van der Waals surface area contributed by atoms with E-state index < -0.39 is 16.1 Å². The molecular weight excluding hydrogens is 408 g/mol. The van der Waals surface area contributed by atoms with Crippen LogP contribution in [0.1, 0.15) is 67.0 Å². The first-order valence-corrected chi connectivity index (χ1v) is 13.0. The van der Waals surface area contributed by atoms with Gasteiger partial charge in [-0.15, -0.1) is 0 Å². The molecular formula is C25H34N2O3S. The zero-order valence-electron chi connectivity index (χ0n) is 19.2. The third-order valence-corrected chi connectivity index (χ3v) is 7.42. The molecule has 0 spiro atoms. The van der Waals surface area contributed by atoms with Crippen LogP contribution in [0.25, 0.3) is 0 Å². The predicted octanol–water partition coefficient (Wildman–Crippen LogP) is 4.60. The van der Waals surface area contributed by atoms with E-state index in [4.69, 9.17) is 0 Å². The Morgan fingerprint density at radius 2 is 1.74 bits per heavy atom. The van der Waals surface area contributed by atoms with Crippen LogP contribution in [0.3, 0.4) is 0 Å². The Kier molecular flexibility index (Phi) is 7.10. The molecule has 0 unspecified atom stereocenters. The summed E-state index contributed by atoms with van der Waals surface area (Å²) in [7, 11) is -3.65. The molecule has 0 bridgehead atoms. The van der Waals surface area contributed by atoms with Crippen molar-refractivity contribution in [2.75, 3.05) is 10.6 Å². The second-order valence-electron chi connectivity index (χ2n) is 8.73. The van der Waals surface area contributed by atoms with Gasteiger partial charge < -0.3 is 5.32 Å². The fraction of sp³-hybridized carbons (Fsp3) is 0.480. The molecule has 0 heterocycles. The molecule has 1 amide bonds. The summed E-state index contributed by atoms with van der Waals surface area (Å²) < 4.78 is 26.6. The second kappa shape index (κ2) is 9.43. The molecule has 31 heavy (non-hydrogen) atoms. The average Bonchev–Trinajstić information content (AvgIpc) is 2.73. The van der Waals surface area contributed by atoms with Crippen molar-refractivity contribution in [3.63, 3.8) is 0 Å². The SMILES string of the molecule is CC[C@@H](NC(=O)[C@@H](C)N(c1cc(C)ccc1C)S(C)(=O)=O)c1ccc2c(c1)CCCC2. The van der Waals surface area contributed by atoms with Gasteiger partial charge in [-0.1, -0.05) is 37.3 Å². The number of sulfonamides is 1. The summed E-state index contributed by atoms with van der Waals surface area (Å²) in [5, 5.41) is 3.10. The molecule has 0 radical (unpaired) electrons. The van der Waals surface area contributed by atoms with E-state index >= 15 is 0 Å². The maximum Gasteiger partial charge on any atom is 0.244 e. The predicted molar refractivity (Wildman–Crippen MR) is 127 cm³/mol. The lowest BCUT2D eigenvalue weighted by Crippen LogP contribution is -2.48. The molecule has 6 heteroatoms. The van der Waals surface area contributed by atoms with Gasteiger partial charge >= 0.3 is 0 Å². The van der Waals surface area contributed by atoms with Crippen LogP contribution in [0.2, 0.25) is 0 Å². The molecule has 168 valence electrons. The van der Waals surface area contributed by atoms with Crippen molar-refractivity contribution in [2.45, 2.75) is 71.9 Å². The third-order valence-electron chi connectivity index (χ3n) is 6.19. The lowest BCUT2D eigenvalue weighted by Gasteiger charge is -2.31. The zero-order chi connectivity index (χ0) is 22.8. The fourth-order valence-electron chi connectivity index (χ4n) is 4.42. The van der Waals surface area contributed by atoms with E-state index in [1.165, 1.54) is 28.3 Å². The van der Waals surface area contributed by atoms with Crippen molar-refractivity contribution in [1.82, 2.24) is 5.32 Å². The van der Waals surface area contributed by atoms with Gasteiger partial charge in [0.1, 0.15) is 6.04 Å². The largest absolute Gasteiger partial charge is 0.347 e. The van der Waals surface area contributed by atoms with Gasteiger partial charge in [0.25, 0.3) is 0 Å². The van der Waals surface area contributed by atoms with Gasteiger partial charge in [-0.2, -0.15) is 0 Å². The summed E-state index contributed by atoms with van der Waals surface area (Å²) in [4.78, 5) is 13.2. The maximum absolute atomic E-state index is 13.2. The van der Waals surface area contributed by atoms with Crippen LogP contribution in [0.5, 0.6) is 0 Å². The van der Waals surface area contributed by atoms with Crippen LogP contribution < -0.4 is 9.62 Å². The summed E-state index contributed by atoms with van der Waals surface area (Å²) in [5.74, 6) is -0.295. The number of carbonyl (C=O) groups excluding carboxylic acids is 1. The number of fused-ring (bicyclic) bond motifs is 1. The van der Waals surface area contributed by atoms with Gasteiger partial charge in [0.05, 0.1) is 18.0 Å². The van der Waals surface area contributed by atoms with E-state index in [0.717, 1.165) is 42.2 Å². The summed E-state index contributed by atoms with van der Waals surface area (Å²) in [6.07, 6.45) is 6.53. The number of nitrogens with one attached hydrogen (secondary N) is 1. The van der Waals surface area contributed by atoms with E-state index in [9.17, 15) is 13.2 Å². The highest BCUT2D eigenvalue weighted by Crippen LogP contribution is 2.28. The van der Waals surface area contributed by atoms with Crippen LogP contribution in [0.4, 0.5) is 5.69 Å². The zero-order valence-corrected chi connectivity index (χ0v) is 20.1. The molecule has 2 atom stereocenters. The standard InChI is InChI=1S/C25H34N2O3S/c1-6-23(22-14-13-20-9-7-8-10-21(20)16-22)26-25(28)19(4)27(31(5,29)30)24-15-17(2)11-12-18(24)3/h11-16,19,23H,6-10H2,1-5H3,(H,26,28)/t19-,23-/m1/s1. The van der Waals surface area contributed by atoms with Gasteiger partial charge in [-0.3, -0.25) is 9.10 Å². The first-order valence-electron chi connectivity index (χ1n) is 11.1. The minimum Gasteiger partial charge on any atom is -0.347 e. The molecule has 0 aliphatic heterocycles. The molecule has 2 aromatic carbocycles. The monoisotopic (exact) mass is 442 g/mol. The molecule has 0 fully saturated rings. The Morgan fingerprint density at radius 1 is 1.06 bits per heavy atom. The number of hydrogen-bond acceptors (Lipinski definition) is 3. The summed E-state index contributed by atoms with van der Waals surface area (Å²) in [6.45, 7) is 7.46. The Bertz CT molecular complexity index is 1060. The van der Waals surface area contributed by atoms with Gasteiger partial charge in [0.15, 0.2) is 0 Å². The highest BCUT2D eigenvalue weighted by atomic mass is 32.2. The molecule has 0 aromatic heterocycles. The summed E-state index contributed by atoms with van der Waals surface area (Å²) in [5.41, 5.74) is 6.17. The van der Waals surface area contributed by atoms with Crippen molar-refractivity contribution < 1.29 is 13.2 Å². The normalized spacial score (nSPS) is 15.6. The van der Waals surface area contributed by atoms with Crippen LogP contribution in [0, 0.1) is 13.8 Å². The third kappa shape index (κ3) is 5.29. The minimum absolute atomic E-state index is 0.151. The quantitative estimate of drug-likeness (QED) is 0.681. The number of hydrogen-bond donors (Lipinski definition) is 1. The molecule has 2 aromatic rings. The van der Waals surface area contributed by atoms with Crippen LogP contribution in [-0.2, 0) is 27.7 Å². The topological polar surface area (TPSA) is 66.5 Å². The summed E-state index contributed by atoms with van der Waals surface area (Å²) in [6, 6.07) is 11.1. The molecule has 5 nitrogen and oxygen atoms in total. The number of anilines is 1. The van der Waals surface area contributed by atoms with Crippen LogP contribution in [-0.4, -0.2) is 26.6 Å². The van der Waals surface area contributed by atoms with E-state index in [2.05, 4.69) is 23.5 Å². The number of aryl methyl sites for hydroxylation is 4. The van der Waals surface area contributed by atoms with E-state index in [0.29, 0.717) is 5.69 Å². The van der Waals surface area contributed by atoms with E-state index in [-0.39, 0.29) is 11.9 Å².